The molecule has 0 radical (unpaired) electrons. The van der Waals surface area contributed by atoms with Crippen LogP contribution in [0.3, 0.4) is 0 Å². The van der Waals surface area contributed by atoms with Gasteiger partial charge >= 0.3 is 0 Å². The van der Waals surface area contributed by atoms with Crippen LogP contribution in [0.5, 0.6) is 0 Å². The molecule has 2 aromatic rings. The first-order valence-electron chi connectivity index (χ1n) is 13.3. The van der Waals surface area contributed by atoms with Crippen molar-refractivity contribution in [2.75, 3.05) is 11.9 Å². The van der Waals surface area contributed by atoms with Crippen molar-refractivity contribution in [1.29, 1.82) is 0 Å². The molecule has 1 unspecified atom stereocenters. The molecule has 0 bridgehead atoms. The van der Waals surface area contributed by atoms with E-state index in [1.807, 2.05) is 63.2 Å². The molecule has 4 nitrogen and oxygen atoms in total. The maximum absolute atomic E-state index is 15.6. The van der Waals surface area contributed by atoms with Crippen LogP contribution in [0.1, 0.15) is 74.0 Å². The molecule has 1 heterocycles. The number of hydrogen-bond donors (Lipinski definition) is 1. The molecule has 2 aromatic carbocycles. The minimum Gasteiger partial charge on any atom is -0.331 e. The van der Waals surface area contributed by atoms with Crippen molar-refractivity contribution in [2.24, 2.45) is 11.8 Å². The number of allylic oxidation sites excluding steroid dienone is 2. The average Bonchev–Trinajstić information content (AvgIpc) is 2.85. The quantitative estimate of drug-likeness (QED) is 0.478. The van der Waals surface area contributed by atoms with Crippen LogP contribution < -0.4 is 5.32 Å². The Balaban J connectivity index is 1.73. The Morgan fingerprint density at radius 3 is 2.41 bits per heavy atom. The third kappa shape index (κ3) is 5.56. The van der Waals surface area contributed by atoms with E-state index in [2.05, 4.69) is 32.2 Å². The van der Waals surface area contributed by atoms with Gasteiger partial charge in [0.2, 0.25) is 5.91 Å². The Hall–Kier alpha value is -3.21. The van der Waals surface area contributed by atoms with Crippen LogP contribution >= 0.6 is 0 Å². The van der Waals surface area contributed by atoms with Crippen LogP contribution in [0, 0.1) is 25.7 Å². The molecule has 1 N–H and O–H groups in total. The first-order chi connectivity index (χ1) is 17.5. The van der Waals surface area contributed by atoms with Gasteiger partial charge in [-0.05, 0) is 67.3 Å². The molecule has 1 saturated heterocycles. The first kappa shape index (κ1) is 26.8. The summed E-state index contributed by atoms with van der Waals surface area (Å²) in [4.78, 5) is 29.5. The highest BCUT2D eigenvalue weighted by Crippen LogP contribution is 2.38. The number of anilines is 1. The number of benzene rings is 2. The fourth-order valence-corrected chi connectivity index (χ4v) is 5.58. The molecule has 4 rings (SSSR count). The Morgan fingerprint density at radius 2 is 1.73 bits per heavy atom. The van der Waals surface area contributed by atoms with E-state index in [-0.39, 0.29) is 29.0 Å². The Bertz CT molecular complexity index is 1230. The molecule has 0 spiro atoms. The Morgan fingerprint density at radius 1 is 1.05 bits per heavy atom. The monoisotopic (exact) mass is 502 g/mol. The second-order valence-corrected chi connectivity index (χ2v) is 11.6. The highest BCUT2D eigenvalue weighted by molar-refractivity contribution is 5.99. The second-order valence-electron chi connectivity index (χ2n) is 11.6. The number of rotatable bonds is 4. The van der Waals surface area contributed by atoms with Gasteiger partial charge in [0.25, 0.3) is 5.91 Å². The minimum absolute atomic E-state index is 0.0558. The molecular weight excluding hydrogens is 463 g/mol. The van der Waals surface area contributed by atoms with Crippen molar-refractivity contribution in [3.05, 3.63) is 88.3 Å². The van der Waals surface area contributed by atoms with Crippen LogP contribution in [-0.2, 0) is 10.2 Å². The molecule has 1 fully saturated rings. The second kappa shape index (κ2) is 10.6. The largest absolute Gasteiger partial charge is 0.331 e. The number of amides is 2. The van der Waals surface area contributed by atoms with Crippen molar-refractivity contribution >= 4 is 17.5 Å². The van der Waals surface area contributed by atoms with Gasteiger partial charge in [-0.1, -0.05) is 70.2 Å². The lowest BCUT2D eigenvalue weighted by molar-refractivity contribution is -0.122. The summed E-state index contributed by atoms with van der Waals surface area (Å²) in [7, 11) is 0. The smallest absolute Gasteiger partial charge is 0.254 e. The van der Waals surface area contributed by atoms with Gasteiger partial charge in [-0.25, -0.2) is 4.39 Å². The molecule has 196 valence electrons. The lowest BCUT2D eigenvalue weighted by atomic mass is 9.79. The predicted octanol–water partition coefficient (Wildman–Crippen LogP) is 7.28. The van der Waals surface area contributed by atoms with E-state index in [0.717, 1.165) is 22.4 Å². The van der Waals surface area contributed by atoms with E-state index in [9.17, 15) is 9.59 Å². The molecule has 5 heteroatoms. The molecule has 1 aliphatic carbocycles. The van der Waals surface area contributed by atoms with E-state index < -0.39 is 12.0 Å². The van der Waals surface area contributed by atoms with Gasteiger partial charge in [0.1, 0.15) is 5.83 Å². The summed E-state index contributed by atoms with van der Waals surface area (Å²) in [5.41, 5.74) is 4.65. The summed E-state index contributed by atoms with van der Waals surface area (Å²) in [6, 6.07) is 13.0. The van der Waals surface area contributed by atoms with Crippen molar-refractivity contribution < 1.29 is 14.0 Å². The molecule has 0 aromatic heterocycles. The zero-order valence-electron chi connectivity index (χ0n) is 22.9. The zero-order valence-corrected chi connectivity index (χ0v) is 22.9. The number of carbonyl (C=O) groups excluding carboxylic acids is 2. The molecule has 0 saturated carbocycles. The number of carbonyl (C=O) groups is 2. The number of halogens is 1. The Kier molecular flexibility index (Phi) is 7.72. The standard InChI is InChI=1S/C32H39FN2O2/c1-20-11-7-12-21(2)27(20)31(37)35-18-10-17-26(29(35)25-16-8-13-22(3)28(25)33)30(36)34-24-15-9-14-23(19-24)32(4,5)6/h7-9,11-12,14-16,19,22,26,29H,10,13,17-18H2,1-6H3,(H,34,36)/t22?,26-,29-/m0/s1. The molecule has 37 heavy (non-hydrogen) atoms. The molecular formula is C32H39FN2O2. The van der Waals surface area contributed by atoms with Crippen LogP contribution in [0.2, 0.25) is 0 Å². The van der Waals surface area contributed by atoms with Gasteiger partial charge < -0.3 is 10.2 Å². The summed E-state index contributed by atoms with van der Waals surface area (Å²) in [6.07, 6.45) is 5.63. The van der Waals surface area contributed by atoms with Crippen LogP contribution in [0.15, 0.2) is 66.0 Å². The zero-order chi connectivity index (χ0) is 26.9. The number of nitrogens with zero attached hydrogens (tertiary/aromatic N) is 1. The summed E-state index contributed by atoms with van der Waals surface area (Å²) >= 11 is 0. The van der Waals surface area contributed by atoms with E-state index >= 15 is 4.39 Å². The van der Waals surface area contributed by atoms with Gasteiger partial charge in [-0.15, -0.1) is 0 Å². The summed E-state index contributed by atoms with van der Waals surface area (Å²) in [5, 5.41) is 3.10. The number of hydrogen-bond acceptors (Lipinski definition) is 2. The van der Waals surface area contributed by atoms with Crippen molar-refractivity contribution in [1.82, 2.24) is 4.90 Å². The van der Waals surface area contributed by atoms with Crippen LogP contribution in [0.4, 0.5) is 10.1 Å². The average molecular weight is 503 g/mol. The molecule has 2 amide bonds. The Labute approximate surface area is 220 Å². The fourth-order valence-electron chi connectivity index (χ4n) is 5.58. The molecule has 3 atom stereocenters. The summed E-state index contributed by atoms with van der Waals surface area (Å²) in [5.74, 6) is -1.37. The number of aryl methyl sites for hydroxylation is 2. The van der Waals surface area contributed by atoms with Crippen LogP contribution in [-0.4, -0.2) is 29.3 Å². The number of likely N-dealkylation sites (tertiary alicyclic amines) is 1. The summed E-state index contributed by atoms with van der Waals surface area (Å²) < 4.78 is 15.6. The van der Waals surface area contributed by atoms with Crippen molar-refractivity contribution in [3.63, 3.8) is 0 Å². The van der Waals surface area contributed by atoms with Crippen molar-refractivity contribution in [3.8, 4) is 0 Å². The van der Waals surface area contributed by atoms with Gasteiger partial charge in [0.05, 0.1) is 12.0 Å². The van der Waals surface area contributed by atoms with E-state index in [1.165, 1.54) is 0 Å². The lowest BCUT2D eigenvalue weighted by Crippen LogP contribution is -2.53. The third-order valence-electron chi connectivity index (χ3n) is 7.73. The lowest BCUT2D eigenvalue weighted by Gasteiger charge is -2.42. The van der Waals surface area contributed by atoms with E-state index in [4.69, 9.17) is 0 Å². The van der Waals surface area contributed by atoms with E-state index in [0.29, 0.717) is 36.9 Å². The summed E-state index contributed by atoms with van der Waals surface area (Å²) in [6.45, 7) is 12.6. The first-order valence-corrected chi connectivity index (χ1v) is 13.3. The normalized spacial score (nSPS) is 22.2. The van der Waals surface area contributed by atoms with Gasteiger partial charge in [-0.3, -0.25) is 9.59 Å². The highest BCUT2D eigenvalue weighted by atomic mass is 19.1. The SMILES string of the molecule is Cc1cccc(C)c1C(=O)N1CCC[C@H](C(=O)Nc2cccc(C(C)(C)C)c2)[C@@H]1C1=C(F)C(C)CC=C1. The van der Waals surface area contributed by atoms with Gasteiger partial charge in [0, 0.05) is 29.3 Å². The maximum Gasteiger partial charge on any atom is 0.254 e. The topological polar surface area (TPSA) is 49.4 Å². The van der Waals surface area contributed by atoms with Crippen LogP contribution in [0.25, 0.3) is 0 Å². The molecule has 2 aliphatic rings. The number of nitrogens with one attached hydrogen (secondary N) is 1. The number of piperidine rings is 1. The maximum atomic E-state index is 15.6. The molecule has 1 aliphatic heterocycles. The van der Waals surface area contributed by atoms with E-state index in [1.54, 1.807) is 11.0 Å². The fraction of sp³-hybridized carbons (Fsp3) is 0.438. The minimum atomic E-state index is -0.662. The highest BCUT2D eigenvalue weighted by Gasteiger charge is 2.42. The van der Waals surface area contributed by atoms with Crippen molar-refractivity contribution in [2.45, 2.75) is 72.3 Å². The predicted molar refractivity (Wildman–Crippen MR) is 148 cm³/mol. The van der Waals surface area contributed by atoms with Gasteiger partial charge in [0.15, 0.2) is 0 Å². The third-order valence-corrected chi connectivity index (χ3v) is 7.73. The van der Waals surface area contributed by atoms with Gasteiger partial charge in [-0.2, -0.15) is 0 Å².